The lowest BCUT2D eigenvalue weighted by Crippen LogP contribution is -1.94. The third-order valence-corrected chi connectivity index (χ3v) is 3.29. The number of nitrogen functional groups attached to an aromatic ring is 1. The molecule has 112 valence electrons. The molecule has 1 heterocycles. The molecule has 0 fully saturated rings. The fourth-order valence-corrected chi connectivity index (χ4v) is 2.22. The first-order chi connectivity index (χ1) is 10.7. The Morgan fingerprint density at radius 3 is 2.32 bits per heavy atom. The molecule has 0 radical (unpaired) electrons. The minimum Gasteiger partial charge on any atom is -0.493 e. The molecule has 0 aliphatic carbocycles. The summed E-state index contributed by atoms with van der Waals surface area (Å²) in [7, 11) is 3.21. The van der Waals surface area contributed by atoms with Gasteiger partial charge in [0.2, 0.25) is 5.88 Å². The number of hydrogen-bond acceptors (Lipinski definition) is 5. The fourth-order valence-electron chi connectivity index (χ4n) is 2.22. The molecular weight excluding hydrogens is 280 g/mol. The first-order valence-electron chi connectivity index (χ1n) is 6.76. The molecule has 3 rings (SSSR count). The van der Waals surface area contributed by atoms with Crippen LogP contribution in [0.5, 0.6) is 23.1 Å². The van der Waals surface area contributed by atoms with Crippen LogP contribution in [-0.4, -0.2) is 19.2 Å². The van der Waals surface area contributed by atoms with Crippen molar-refractivity contribution in [3.05, 3.63) is 48.5 Å². The van der Waals surface area contributed by atoms with Gasteiger partial charge < -0.3 is 19.9 Å². The lowest BCUT2D eigenvalue weighted by atomic mass is 10.2. The van der Waals surface area contributed by atoms with Crippen molar-refractivity contribution in [3.63, 3.8) is 0 Å². The van der Waals surface area contributed by atoms with Gasteiger partial charge in [0.25, 0.3) is 0 Å². The highest BCUT2D eigenvalue weighted by atomic mass is 16.5. The second-order valence-corrected chi connectivity index (χ2v) is 4.69. The second kappa shape index (κ2) is 5.81. The quantitative estimate of drug-likeness (QED) is 0.745. The second-order valence-electron chi connectivity index (χ2n) is 4.69. The van der Waals surface area contributed by atoms with Gasteiger partial charge in [0.05, 0.1) is 19.7 Å². The highest BCUT2D eigenvalue weighted by Gasteiger charge is 2.10. The Balaban J connectivity index is 1.98. The van der Waals surface area contributed by atoms with Gasteiger partial charge >= 0.3 is 0 Å². The molecule has 0 amide bonds. The van der Waals surface area contributed by atoms with E-state index in [0.717, 1.165) is 10.9 Å². The van der Waals surface area contributed by atoms with Gasteiger partial charge in [0, 0.05) is 17.1 Å². The Morgan fingerprint density at radius 1 is 0.864 bits per heavy atom. The third-order valence-electron chi connectivity index (χ3n) is 3.29. The van der Waals surface area contributed by atoms with Crippen LogP contribution in [0.25, 0.3) is 10.9 Å². The van der Waals surface area contributed by atoms with Gasteiger partial charge in [-0.2, -0.15) is 0 Å². The number of nitrogens with two attached hydrogens (primary N) is 1. The number of fused-ring (bicyclic) bond motifs is 1. The van der Waals surface area contributed by atoms with E-state index in [4.69, 9.17) is 19.9 Å². The van der Waals surface area contributed by atoms with E-state index in [0.29, 0.717) is 28.8 Å². The van der Waals surface area contributed by atoms with Crippen LogP contribution in [0.2, 0.25) is 0 Å². The van der Waals surface area contributed by atoms with Crippen LogP contribution >= 0.6 is 0 Å². The van der Waals surface area contributed by atoms with Crippen LogP contribution in [-0.2, 0) is 0 Å². The molecule has 0 unspecified atom stereocenters. The zero-order valence-corrected chi connectivity index (χ0v) is 12.4. The SMILES string of the molecule is COc1ccc2nc(Oc3ccc(N)cc3)ccc2c1OC. The molecule has 22 heavy (non-hydrogen) atoms. The predicted octanol–water partition coefficient (Wildman–Crippen LogP) is 3.63. The van der Waals surface area contributed by atoms with E-state index in [-0.39, 0.29) is 0 Å². The van der Waals surface area contributed by atoms with E-state index < -0.39 is 0 Å². The Morgan fingerprint density at radius 2 is 1.64 bits per heavy atom. The van der Waals surface area contributed by atoms with Crippen molar-refractivity contribution < 1.29 is 14.2 Å². The van der Waals surface area contributed by atoms with Crippen molar-refractivity contribution in [1.29, 1.82) is 0 Å². The maximum absolute atomic E-state index is 5.73. The number of nitrogens with zero attached hydrogens (tertiary/aromatic N) is 1. The smallest absolute Gasteiger partial charge is 0.219 e. The standard InChI is InChI=1S/C17H16N2O3/c1-20-15-9-8-14-13(17(15)21-2)7-10-16(19-14)22-12-5-3-11(18)4-6-12/h3-10H,18H2,1-2H3. The maximum atomic E-state index is 5.73. The van der Waals surface area contributed by atoms with Crippen LogP contribution in [0.3, 0.4) is 0 Å². The van der Waals surface area contributed by atoms with Crippen LogP contribution < -0.4 is 19.9 Å². The van der Waals surface area contributed by atoms with E-state index in [1.807, 2.05) is 18.2 Å². The van der Waals surface area contributed by atoms with Crippen molar-refractivity contribution in [2.75, 3.05) is 20.0 Å². The average Bonchev–Trinajstić information content (AvgIpc) is 2.55. The first-order valence-corrected chi connectivity index (χ1v) is 6.76. The number of benzene rings is 2. The largest absolute Gasteiger partial charge is 0.493 e. The van der Waals surface area contributed by atoms with Crippen LogP contribution in [0.1, 0.15) is 0 Å². The van der Waals surface area contributed by atoms with E-state index in [1.165, 1.54) is 0 Å². The number of ether oxygens (including phenoxy) is 3. The predicted molar refractivity (Wildman–Crippen MR) is 85.8 cm³/mol. The Hall–Kier alpha value is -2.95. The number of anilines is 1. The summed E-state index contributed by atoms with van der Waals surface area (Å²) in [5.41, 5.74) is 7.12. The Bertz CT molecular complexity index is 801. The molecule has 1 aromatic heterocycles. The molecular formula is C17H16N2O3. The molecule has 0 saturated heterocycles. The summed E-state index contributed by atoms with van der Waals surface area (Å²) >= 11 is 0. The van der Waals surface area contributed by atoms with Crippen LogP contribution in [0.4, 0.5) is 5.69 Å². The van der Waals surface area contributed by atoms with E-state index in [2.05, 4.69) is 4.98 Å². The topological polar surface area (TPSA) is 66.6 Å². The van der Waals surface area contributed by atoms with Crippen molar-refractivity contribution in [2.45, 2.75) is 0 Å². The number of pyridine rings is 1. The highest BCUT2D eigenvalue weighted by Crippen LogP contribution is 2.35. The lowest BCUT2D eigenvalue weighted by molar-refractivity contribution is 0.358. The summed E-state index contributed by atoms with van der Waals surface area (Å²) in [4.78, 5) is 4.49. The summed E-state index contributed by atoms with van der Waals surface area (Å²) in [6.07, 6.45) is 0. The molecule has 5 nitrogen and oxygen atoms in total. The molecule has 0 spiro atoms. The minimum atomic E-state index is 0.504. The van der Waals surface area contributed by atoms with Gasteiger partial charge in [0.1, 0.15) is 5.75 Å². The van der Waals surface area contributed by atoms with E-state index >= 15 is 0 Å². The zero-order valence-electron chi connectivity index (χ0n) is 12.4. The number of rotatable bonds is 4. The van der Waals surface area contributed by atoms with Crippen molar-refractivity contribution in [1.82, 2.24) is 4.98 Å². The van der Waals surface area contributed by atoms with Crippen LogP contribution in [0.15, 0.2) is 48.5 Å². The van der Waals surface area contributed by atoms with Crippen molar-refractivity contribution in [2.24, 2.45) is 0 Å². The average molecular weight is 296 g/mol. The third kappa shape index (κ3) is 2.61. The molecule has 0 aliphatic heterocycles. The highest BCUT2D eigenvalue weighted by molar-refractivity contribution is 5.88. The van der Waals surface area contributed by atoms with E-state index in [9.17, 15) is 0 Å². The molecule has 3 aromatic rings. The lowest BCUT2D eigenvalue weighted by Gasteiger charge is -2.11. The number of aromatic nitrogens is 1. The summed E-state index contributed by atoms with van der Waals surface area (Å²) in [5, 5.41) is 0.867. The molecule has 5 heteroatoms. The first kappa shape index (κ1) is 14.0. The summed E-state index contributed by atoms with van der Waals surface area (Å²) < 4.78 is 16.4. The van der Waals surface area contributed by atoms with Gasteiger partial charge in [-0.15, -0.1) is 0 Å². The molecule has 0 saturated carbocycles. The van der Waals surface area contributed by atoms with Gasteiger partial charge in [-0.3, -0.25) is 0 Å². The van der Waals surface area contributed by atoms with Crippen LogP contribution in [0, 0.1) is 0 Å². The molecule has 0 atom stereocenters. The fraction of sp³-hybridized carbons (Fsp3) is 0.118. The van der Waals surface area contributed by atoms with Gasteiger partial charge in [0.15, 0.2) is 11.5 Å². The summed E-state index contributed by atoms with van der Waals surface area (Å²) in [5.74, 6) is 2.52. The maximum Gasteiger partial charge on any atom is 0.219 e. The Labute approximate surface area is 128 Å². The zero-order chi connectivity index (χ0) is 15.5. The molecule has 0 aliphatic rings. The minimum absolute atomic E-state index is 0.504. The number of hydrogen-bond donors (Lipinski definition) is 1. The van der Waals surface area contributed by atoms with Crippen molar-refractivity contribution in [3.8, 4) is 23.1 Å². The Kier molecular flexibility index (Phi) is 3.70. The van der Waals surface area contributed by atoms with Gasteiger partial charge in [-0.05, 0) is 42.5 Å². The molecule has 0 bridgehead atoms. The normalized spacial score (nSPS) is 10.5. The summed E-state index contributed by atoms with van der Waals surface area (Å²) in [6, 6.07) is 14.5. The van der Waals surface area contributed by atoms with Gasteiger partial charge in [-0.25, -0.2) is 4.98 Å². The van der Waals surface area contributed by atoms with E-state index in [1.54, 1.807) is 44.6 Å². The van der Waals surface area contributed by atoms with Gasteiger partial charge in [-0.1, -0.05) is 0 Å². The monoisotopic (exact) mass is 296 g/mol. The summed E-state index contributed by atoms with van der Waals surface area (Å²) in [6.45, 7) is 0. The van der Waals surface area contributed by atoms with Crippen molar-refractivity contribution >= 4 is 16.6 Å². The molecule has 2 N–H and O–H groups in total. The number of methoxy groups -OCH3 is 2. The molecule has 2 aromatic carbocycles.